The number of rotatable bonds is 6. The first kappa shape index (κ1) is 19.3. The topological polar surface area (TPSA) is 75.4 Å². The molecule has 0 radical (unpaired) electrons. The first-order valence-electron chi connectivity index (χ1n) is 7.14. The lowest BCUT2D eigenvalue weighted by molar-refractivity contribution is -0.128. The van der Waals surface area contributed by atoms with Crippen LogP contribution in [0.25, 0.3) is 0 Å². The molecule has 1 aromatic carbocycles. The minimum absolute atomic E-state index is 0. The molecule has 1 aromatic rings. The first-order chi connectivity index (χ1) is 10.4. The van der Waals surface area contributed by atoms with Gasteiger partial charge in [0.05, 0.1) is 13.1 Å². The number of amides is 2. The van der Waals surface area contributed by atoms with E-state index in [0.29, 0.717) is 18.5 Å². The van der Waals surface area contributed by atoms with Crippen molar-refractivity contribution in [3.63, 3.8) is 0 Å². The standard InChI is InChI=1S/C15H19F2N3O2.ClH/c16-15(17,9-18)10-19-14(22)12-5-3-11(4-6-12)8-20-7-1-2-13(20)21;/h3-6H,1-2,7-10,18H2,(H,19,22);1H. The molecule has 5 nitrogen and oxygen atoms in total. The monoisotopic (exact) mass is 347 g/mol. The molecule has 1 heterocycles. The number of nitrogens with one attached hydrogen (secondary N) is 1. The van der Waals surface area contributed by atoms with Crippen LogP contribution in [0, 0.1) is 0 Å². The van der Waals surface area contributed by atoms with E-state index >= 15 is 0 Å². The molecule has 0 spiro atoms. The molecule has 2 amide bonds. The van der Waals surface area contributed by atoms with Crippen LogP contribution in [0.3, 0.4) is 0 Å². The lowest BCUT2D eigenvalue weighted by atomic mass is 10.1. The summed E-state index contributed by atoms with van der Waals surface area (Å²) in [6, 6.07) is 6.57. The molecule has 3 N–H and O–H groups in total. The molecule has 2 rings (SSSR count). The number of carbonyl (C=O) groups is 2. The maximum atomic E-state index is 13.0. The van der Waals surface area contributed by atoms with Crippen molar-refractivity contribution in [1.82, 2.24) is 10.2 Å². The summed E-state index contributed by atoms with van der Waals surface area (Å²) in [5.41, 5.74) is 6.10. The van der Waals surface area contributed by atoms with E-state index < -0.39 is 24.9 Å². The fourth-order valence-corrected chi connectivity index (χ4v) is 2.24. The van der Waals surface area contributed by atoms with Crippen LogP contribution in [-0.4, -0.2) is 42.3 Å². The second kappa shape index (κ2) is 8.21. The van der Waals surface area contributed by atoms with Gasteiger partial charge in [-0.25, -0.2) is 8.78 Å². The number of hydrogen-bond acceptors (Lipinski definition) is 3. The molecule has 1 aliphatic rings. The smallest absolute Gasteiger partial charge is 0.277 e. The van der Waals surface area contributed by atoms with E-state index in [1.807, 2.05) is 0 Å². The maximum absolute atomic E-state index is 13.0. The molecule has 0 unspecified atom stereocenters. The Hall–Kier alpha value is -1.73. The summed E-state index contributed by atoms with van der Waals surface area (Å²) in [5.74, 6) is -3.55. The predicted octanol–water partition coefficient (Wildman–Crippen LogP) is 1.55. The molecule has 0 aliphatic carbocycles. The Balaban J connectivity index is 0.00000264. The second-order valence-electron chi connectivity index (χ2n) is 5.36. The zero-order valence-electron chi connectivity index (χ0n) is 12.6. The van der Waals surface area contributed by atoms with E-state index in [0.717, 1.165) is 18.5 Å². The Kier molecular flexibility index (Phi) is 6.90. The molecule has 8 heteroatoms. The fraction of sp³-hybridized carbons (Fsp3) is 0.467. The Morgan fingerprint density at radius 2 is 1.96 bits per heavy atom. The SMILES string of the molecule is Cl.NCC(F)(F)CNC(=O)c1ccc(CN2CCCC2=O)cc1. The van der Waals surface area contributed by atoms with Crippen molar-refractivity contribution in [3.05, 3.63) is 35.4 Å². The fourth-order valence-electron chi connectivity index (χ4n) is 2.24. The predicted molar refractivity (Wildman–Crippen MR) is 84.7 cm³/mol. The average molecular weight is 348 g/mol. The summed E-state index contributed by atoms with van der Waals surface area (Å²) in [7, 11) is 0. The van der Waals surface area contributed by atoms with Gasteiger partial charge in [0.2, 0.25) is 5.91 Å². The van der Waals surface area contributed by atoms with E-state index in [2.05, 4.69) is 5.32 Å². The normalized spacial score (nSPS) is 14.6. The third-order valence-electron chi connectivity index (χ3n) is 3.57. The van der Waals surface area contributed by atoms with Gasteiger partial charge in [0.15, 0.2) is 0 Å². The maximum Gasteiger partial charge on any atom is 0.277 e. The zero-order valence-corrected chi connectivity index (χ0v) is 13.4. The molecule has 128 valence electrons. The summed E-state index contributed by atoms with van der Waals surface area (Å²) < 4.78 is 26.0. The highest BCUT2D eigenvalue weighted by Crippen LogP contribution is 2.15. The largest absolute Gasteiger partial charge is 0.346 e. The molecule has 23 heavy (non-hydrogen) atoms. The minimum atomic E-state index is -3.11. The van der Waals surface area contributed by atoms with E-state index in [9.17, 15) is 18.4 Å². The number of nitrogens with two attached hydrogens (primary N) is 1. The van der Waals surface area contributed by atoms with E-state index in [-0.39, 0.29) is 18.3 Å². The molecule has 1 aliphatic heterocycles. The third-order valence-corrected chi connectivity index (χ3v) is 3.57. The highest BCUT2D eigenvalue weighted by atomic mass is 35.5. The Labute approximate surface area is 139 Å². The van der Waals surface area contributed by atoms with Gasteiger partial charge >= 0.3 is 0 Å². The first-order valence-corrected chi connectivity index (χ1v) is 7.14. The van der Waals surface area contributed by atoms with Crippen LogP contribution in [0.15, 0.2) is 24.3 Å². The summed E-state index contributed by atoms with van der Waals surface area (Å²) in [6.45, 7) is -0.344. The lowest BCUT2D eigenvalue weighted by Gasteiger charge is -2.16. The van der Waals surface area contributed by atoms with Crippen molar-refractivity contribution in [1.29, 1.82) is 0 Å². The minimum Gasteiger partial charge on any atom is -0.346 e. The lowest BCUT2D eigenvalue weighted by Crippen LogP contribution is -2.41. The van der Waals surface area contributed by atoms with Crippen molar-refractivity contribution >= 4 is 24.2 Å². The quantitative estimate of drug-likeness (QED) is 0.820. The van der Waals surface area contributed by atoms with Crippen molar-refractivity contribution in [2.45, 2.75) is 25.3 Å². The molecule has 1 saturated heterocycles. The number of carbonyl (C=O) groups excluding carboxylic acids is 2. The van der Waals surface area contributed by atoms with Gasteiger partial charge in [0, 0.05) is 25.1 Å². The van der Waals surface area contributed by atoms with E-state index in [4.69, 9.17) is 5.73 Å². The molecule has 0 bridgehead atoms. The second-order valence-corrected chi connectivity index (χ2v) is 5.36. The van der Waals surface area contributed by atoms with Crippen molar-refractivity contribution in [3.8, 4) is 0 Å². The van der Waals surface area contributed by atoms with Gasteiger partial charge in [0.1, 0.15) is 0 Å². The van der Waals surface area contributed by atoms with Crippen LogP contribution >= 0.6 is 12.4 Å². The summed E-state index contributed by atoms with van der Waals surface area (Å²) in [5, 5.41) is 2.16. The van der Waals surface area contributed by atoms with Gasteiger partial charge in [-0.15, -0.1) is 12.4 Å². The van der Waals surface area contributed by atoms with Crippen molar-refractivity contribution in [2.75, 3.05) is 19.6 Å². The number of hydrogen-bond donors (Lipinski definition) is 2. The van der Waals surface area contributed by atoms with Crippen LogP contribution in [0.4, 0.5) is 8.78 Å². The highest BCUT2D eigenvalue weighted by molar-refractivity contribution is 5.94. The molecule has 0 atom stereocenters. The van der Waals surface area contributed by atoms with Gasteiger partial charge in [-0.1, -0.05) is 12.1 Å². The van der Waals surface area contributed by atoms with Gasteiger partial charge < -0.3 is 16.0 Å². The number of likely N-dealkylation sites (tertiary alicyclic amines) is 1. The summed E-state index contributed by atoms with van der Waals surface area (Å²) >= 11 is 0. The number of halogens is 3. The zero-order chi connectivity index (χ0) is 16.2. The Morgan fingerprint density at radius 3 is 2.48 bits per heavy atom. The van der Waals surface area contributed by atoms with Crippen LogP contribution in [0.5, 0.6) is 0 Å². The summed E-state index contributed by atoms with van der Waals surface area (Å²) in [6.07, 6.45) is 1.45. The van der Waals surface area contributed by atoms with Crippen LogP contribution in [0.2, 0.25) is 0 Å². The Bertz CT molecular complexity index is 552. The van der Waals surface area contributed by atoms with Gasteiger partial charge in [0.25, 0.3) is 11.8 Å². The summed E-state index contributed by atoms with van der Waals surface area (Å²) in [4.78, 5) is 25.1. The molecule has 0 aromatic heterocycles. The molecular weight excluding hydrogens is 328 g/mol. The highest BCUT2D eigenvalue weighted by Gasteiger charge is 2.27. The van der Waals surface area contributed by atoms with E-state index in [1.54, 1.807) is 29.2 Å². The van der Waals surface area contributed by atoms with Gasteiger partial charge in [-0.3, -0.25) is 9.59 Å². The average Bonchev–Trinajstić information content (AvgIpc) is 2.91. The molecular formula is C15H20ClF2N3O2. The third kappa shape index (κ3) is 5.44. The van der Waals surface area contributed by atoms with Crippen LogP contribution < -0.4 is 11.1 Å². The van der Waals surface area contributed by atoms with Gasteiger partial charge in [-0.05, 0) is 24.1 Å². The van der Waals surface area contributed by atoms with Crippen LogP contribution in [-0.2, 0) is 11.3 Å². The number of benzene rings is 1. The van der Waals surface area contributed by atoms with E-state index in [1.165, 1.54) is 0 Å². The van der Waals surface area contributed by atoms with Gasteiger partial charge in [-0.2, -0.15) is 0 Å². The Morgan fingerprint density at radius 1 is 1.30 bits per heavy atom. The molecule has 0 saturated carbocycles. The van der Waals surface area contributed by atoms with Crippen LogP contribution in [0.1, 0.15) is 28.8 Å². The molecule has 1 fully saturated rings. The number of alkyl halides is 2. The van der Waals surface area contributed by atoms with Crippen molar-refractivity contribution < 1.29 is 18.4 Å². The number of nitrogens with zero attached hydrogens (tertiary/aromatic N) is 1. The van der Waals surface area contributed by atoms with Crippen molar-refractivity contribution in [2.24, 2.45) is 5.73 Å².